The number of benzene rings is 1. The Balaban J connectivity index is 1.95. The average Bonchev–Trinajstić information content (AvgIpc) is 2.83. The molecule has 0 unspecified atom stereocenters. The third-order valence-corrected chi connectivity index (χ3v) is 3.22. The van der Waals surface area contributed by atoms with Gasteiger partial charge in [0.05, 0.1) is 12.8 Å². The van der Waals surface area contributed by atoms with E-state index in [0.29, 0.717) is 0 Å². The van der Waals surface area contributed by atoms with Gasteiger partial charge in [0.1, 0.15) is 5.65 Å². The highest BCUT2D eigenvalue weighted by atomic mass is 16.5. The molecule has 2 aromatic heterocycles. The second kappa shape index (κ2) is 4.76. The van der Waals surface area contributed by atoms with Crippen LogP contribution in [0.3, 0.4) is 0 Å². The smallest absolute Gasteiger partial charge is 0.198 e. The summed E-state index contributed by atoms with van der Waals surface area (Å²) in [6.45, 7) is 2.10. The molecule has 0 fully saturated rings. The first-order chi connectivity index (χ1) is 9.26. The number of imidazole rings is 1. The fourth-order valence-electron chi connectivity index (χ4n) is 2.20. The Hall–Kier alpha value is -2.29. The molecule has 0 bridgehead atoms. The molecule has 0 saturated carbocycles. The molecular formula is C16H16N2O. The normalized spacial score (nSPS) is 10.8. The minimum atomic E-state index is 0.806. The van der Waals surface area contributed by atoms with Gasteiger partial charge in [-0.05, 0) is 24.6 Å². The van der Waals surface area contributed by atoms with Crippen molar-refractivity contribution in [1.29, 1.82) is 0 Å². The number of aryl methyl sites for hydroxylation is 1. The van der Waals surface area contributed by atoms with E-state index in [1.54, 1.807) is 7.11 Å². The summed E-state index contributed by atoms with van der Waals surface area (Å²) in [4.78, 5) is 4.62. The lowest BCUT2D eigenvalue weighted by atomic mass is 10.1. The molecule has 0 atom stereocenters. The van der Waals surface area contributed by atoms with Gasteiger partial charge in [-0.2, -0.15) is 0 Å². The third kappa shape index (κ3) is 2.32. The molecule has 0 saturated heterocycles. The van der Waals surface area contributed by atoms with E-state index in [2.05, 4.69) is 36.2 Å². The first kappa shape index (κ1) is 11.8. The van der Waals surface area contributed by atoms with Gasteiger partial charge in [-0.25, -0.2) is 4.98 Å². The molecule has 0 aliphatic heterocycles. The fraction of sp³-hybridized carbons (Fsp3) is 0.188. The SMILES string of the molecule is COc1cccc2nc(Cc3ccc(C)cc3)cn12. The highest BCUT2D eigenvalue weighted by Crippen LogP contribution is 2.17. The maximum atomic E-state index is 5.33. The minimum Gasteiger partial charge on any atom is -0.482 e. The van der Waals surface area contributed by atoms with E-state index >= 15 is 0 Å². The largest absolute Gasteiger partial charge is 0.482 e. The second-order valence-electron chi connectivity index (χ2n) is 4.69. The summed E-state index contributed by atoms with van der Waals surface area (Å²) in [7, 11) is 1.68. The standard InChI is InChI=1S/C16H16N2O/c1-12-6-8-13(9-7-12)10-14-11-18-15(17-14)4-3-5-16(18)19-2/h3-9,11H,10H2,1-2H3. The predicted octanol–water partition coefficient (Wildman–Crippen LogP) is 3.24. The number of pyridine rings is 1. The Kier molecular flexibility index (Phi) is 2.95. The molecule has 3 heteroatoms. The lowest BCUT2D eigenvalue weighted by molar-refractivity contribution is 0.392. The van der Waals surface area contributed by atoms with Crippen LogP contribution >= 0.6 is 0 Å². The van der Waals surface area contributed by atoms with Crippen LogP contribution in [0.25, 0.3) is 5.65 Å². The highest BCUT2D eigenvalue weighted by molar-refractivity contribution is 5.44. The van der Waals surface area contributed by atoms with E-state index in [1.807, 2.05) is 28.8 Å². The van der Waals surface area contributed by atoms with Crippen LogP contribution in [-0.2, 0) is 6.42 Å². The van der Waals surface area contributed by atoms with Crippen LogP contribution < -0.4 is 4.74 Å². The van der Waals surface area contributed by atoms with Crippen LogP contribution in [0.4, 0.5) is 0 Å². The molecule has 1 aromatic carbocycles. The van der Waals surface area contributed by atoms with Crippen LogP contribution in [0.1, 0.15) is 16.8 Å². The Labute approximate surface area is 112 Å². The molecule has 3 aromatic rings. The second-order valence-corrected chi connectivity index (χ2v) is 4.69. The topological polar surface area (TPSA) is 26.5 Å². The number of nitrogens with zero attached hydrogens (tertiary/aromatic N) is 2. The van der Waals surface area contributed by atoms with Crippen molar-refractivity contribution in [3.05, 3.63) is 65.5 Å². The van der Waals surface area contributed by atoms with E-state index in [9.17, 15) is 0 Å². The van der Waals surface area contributed by atoms with Gasteiger partial charge in [0.2, 0.25) is 0 Å². The molecule has 0 spiro atoms. The molecular weight excluding hydrogens is 236 g/mol. The number of methoxy groups -OCH3 is 1. The summed E-state index contributed by atoms with van der Waals surface area (Å²) in [6, 6.07) is 14.4. The molecule has 0 aliphatic rings. The van der Waals surface area contributed by atoms with Crippen molar-refractivity contribution in [3.63, 3.8) is 0 Å². The molecule has 3 nitrogen and oxygen atoms in total. The number of ether oxygens (including phenoxy) is 1. The van der Waals surface area contributed by atoms with Gasteiger partial charge in [0.15, 0.2) is 5.88 Å². The Morgan fingerprint density at radius 1 is 1.11 bits per heavy atom. The van der Waals surface area contributed by atoms with Gasteiger partial charge in [-0.3, -0.25) is 4.40 Å². The number of hydrogen-bond donors (Lipinski definition) is 0. The third-order valence-electron chi connectivity index (χ3n) is 3.22. The minimum absolute atomic E-state index is 0.806. The lowest BCUT2D eigenvalue weighted by Gasteiger charge is -2.01. The maximum Gasteiger partial charge on any atom is 0.198 e. The molecule has 0 radical (unpaired) electrons. The zero-order valence-electron chi connectivity index (χ0n) is 11.1. The molecule has 3 rings (SSSR count). The summed E-state index contributed by atoms with van der Waals surface area (Å²) in [5, 5.41) is 0. The van der Waals surface area contributed by atoms with E-state index in [1.165, 1.54) is 11.1 Å². The van der Waals surface area contributed by atoms with Crippen LogP contribution in [0.2, 0.25) is 0 Å². The Morgan fingerprint density at radius 3 is 2.63 bits per heavy atom. The van der Waals surface area contributed by atoms with E-state index in [-0.39, 0.29) is 0 Å². The van der Waals surface area contributed by atoms with Crippen molar-refractivity contribution >= 4 is 5.65 Å². The fourth-order valence-corrected chi connectivity index (χ4v) is 2.20. The molecule has 2 heterocycles. The average molecular weight is 252 g/mol. The maximum absolute atomic E-state index is 5.33. The van der Waals surface area contributed by atoms with Crippen LogP contribution in [0.15, 0.2) is 48.7 Å². The zero-order valence-corrected chi connectivity index (χ0v) is 11.1. The predicted molar refractivity (Wildman–Crippen MR) is 75.7 cm³/mol. The molecule has 0 aliphatic carbocycles. The van der Waals surface area contributed by atoms with E-state index < -0.39 is 0 Å². The summed E-state index contributed by atoms with van der Waals surface area (Å²) in [5.41, 5.74) is 4.52. The van der Waals surface area contributed by atoms with Gasteiger partial charge < -0.3 is 4.74 Å². The molecule has 19 heavy (non-hydrogen) atoms. The Morgan fingerprint density at radius 2 is 1.89 bits per heavy atom. The highest BCUT2D eigenvalue weighted by Gasteiger charge is 2.05. The van der Waals surface area contributed by atoms with Gasteiger partial charge in [0, 0.05) is 12.6 Å². The Bertz CT molecular complexity index is 698. The number of rotatable bonds is 3. The quantitative estimate of drug-likeness (QED) is 0.715. The monoisotopic (exact) mass is 252 g/mol. The lowest BCUT2D eigenvalue weighted by Crippen LogP contribution is -1.91. The summed E-state index contributed by atoms with van der Waals surface area (Å²) in [5.74, 6) is 0.806. The van der Waals surface area contributed by atoms with Crippen LogP contribution in [0, 0.1) is 6.92 Å². The molecule has 96 valence electrons. The van der Waals surface area contributed by atoms with Crippen molar-refractivity contribution in [2.24, 2.45) is 0 Å². The van der Waals surface area contributed by atoms with Gasteiger partial charge in [0.25, 0.3) is 0 Å². The van der Waals surface area contributed by atoms with Crippen LogP contribution in [0.5, 0.6) is 5.88 Å². The van der Waals surface area contributed by atoms with E-state index in [4.69, 9.17) is 4.74 Å². The summed E-state index contributed by atoms with van der Waals surface area (Å²) < 4.78 is 7.31. The van der Waals surface area contributed by atoms with Crippen LogP contribution in [-0.4, -0.2) is 16.5 Å². The van der Waals surface area contributed by atoms with Gasteiger partial charge in [-0.1, -0.05) is 35.9 Å². The first-order valence-corrected chi connectivity index (χ1v) is 6.33. The number of aromatic nitrogens is 2. The van der Waals surface area contributed by atoms with E-state index in [0.717, 1.165) is 23.6 Å². The summed E-state index contributed by atoms with van der Waals surface area (Å²) in [6.07, 6.45) is 2.87. The zero-order chi connectivity index (χ0) is 13.2. The summed E-state index contributed by atoms with van der Waals surface area (Å²) >= 11 is 0. The van der Waals surface area contributed by atoms with Crippen molar-refractivity contribution in [1.82, 2.24) is 9.38 Å². The van der Waals surface area contributed by atoms with Gasteiger partial charge in [-0.15, -0.1) is 0 Å². The molecule has 0 N–H and O–H groups in total. The van der Waals surface area contributed by atoms with Gasteiger partial charge >= 0.3 is 0 Å². The van der Waals surface area contributed by atoms with Crippen molar-refractivity contribution in [3.8, 4) is 5.88 Å². The number of fused-ring (bicyclic) bond motifs is 1. The molecule has 0 amide bonds. The van der Waals surface area contributed by atoms with Crippen molar-refractivity contribution in [2.45, 2.75) is 13.3 Å². The van der Waals surface area contributed by atoms with Crippen molar-refractivity contribution < 1.29 is 4.74 Å². The van der Waals surface area contributed by atoms with Crippen molar-refractivity contribution in [2.75, 3.05) is 7.11 Å². The number of hydrogen-bond acceptors (Lipinski definition) is 2. The first-order valence-electron chi connectivity index (χ1n) is 6.33.